The van der Waals surface area contributed by atoms with Crippen molar-refractivity contribution in [3.63, 3.8) is 0 Å². The fourth-order valence-corrected chi connectivity index (χ4v) is 5.64. The molecule has 0 saturated carbocycles. The molecule has 10 nitrogen and oxygen atoms in total. The highest BCUT2D eigenvalue weighted by molar-refractivity contribution is 5.79. The molecular weight excluding hydrogens is 618 g/mol. The molecule has 3 heterocycles. The number of amides is 1. The monoisotopic (exact) mass is 674 g/mol. The van der Waals surface area contributed by atoms with Crippen molar-refractivity contribution in [2.45, 2.75) is 91.5 Å². The van der Waals surface area contributed by atoms with Crippen molar-refractivity contribution in [3.05, 3.63) is 59.1 Å². The number of aliphatic hydroxyl groups is 1. The highest BCUT2D eigenvalue weighted by Crippen LogP contribution is 2.42. The van der Waals surface area contributed by atoms with Crippen LogP contribution in [0.25, 0.3) is 5.70 Å². The molecule has 4 rings (SSSR count). The lowest BCUT2D eigenvalue weighted by Crippen LogP contribution is -2.27. The Labute approximate surface area is 285 Å². The summed E-state index contributed by atoms with van der Waals surface area (Å²) in [6.07, 6.45) is 9.00. The van der Waals surface area contributed by atoms with E-state index in [-0.39, 0.29) is 11.6 Å². The number of fused-ring (bicyclic) bond motifs is 1. The maximum atomic E-state index is 14.5. The maximum Gasteiger partial charge on any atom is 0.264 e. The predicted octanol–water partition coefficient (Wildman–Crippen LogP) is 7.39. The van der Waals surface area contributed by atoms with Gasteiger partial charge in [-0.15, -0.1) is 0 Å². The lowest BCUT2D eigenvalue weighted by Gasteiger charge is -2.32. The second-order valence-electron chi connectivity index (χ2n) is 10.5. The average molecular weight is 675 g/mol. The molecule has 268 valence electrons. The molecular formula is C36H56F2N6O4. The molecule has 0 spiro atoms. The number of anilines is 2. The minimum Gasteiger partial charge on any atom is -0.505 e. The number of aliphatic hydroxyl groups excluding tert-OH is 1. The van der Waals surface area contributed by atoms with E-state index in [1.165, 1.54) is 12.5 Å². The number of benzene rings is 1. The van der Waals surface area contributed by atoms with Gasteiger partial charge in [0, 0.05) is 74.1 Å². The van der Waals surface area contributed by atoms with Crippen molar-refractivity contribution >= 4 is 36.5 Å². The number of ether oxygens (including phenoxy) is 2. The summed E-state index contributed by atoms with van der Waals surface area (Å²) < 4.78 is 41.1. The van der Waals surface area contributed by atoms with Crippen LogP contribution in [-0.2, 0) is 33.5 Å². The molecule has 0 unspecified atom stereocenters. The van der Waals surface area contributed by atoms with Gasteiger partial charge in [0.2, 0.25) is 6.41 Å². The largest absolute Gasteiger partial charge is 0.505 e. The molecule has 1 amide bonds. The first kappa shape index (κ1) is 42.1. The Kier molecular flexibility index (Phi) is 21.3. The normalized spacial score (nSPS) is 14.5. The SMILES string of the molecule is C=COC.C=N/C=C(\N=CCCC)c1cc2c(cc1C(F)F)N(c1nn(C3CCOCC3)c(CCNC=O)c1CC)CCC2.CC.CO. The zero-order chi connectivity index (χ0) is 35.9. The number of aromatic nitrogens is 2. The van der Waals surface area contributed by atoms with Gasteiger partial charge in [-0.3, -0.25) is 19.5 Å². The first-order valence-corrected chi connectivity index (χ1v) is 16.8. The van der Waals surface area contributed by atoms with Gasteiger partial charge in [0.25, 0.3) is 6.43 Å². The number of halogens is 2. The van der Waals surface area contributed by atoms with E-state index in [9.17, 15) is 13.6 Å². The number of hydrogen-bond acceptors (Lipinski definition) is 8. The number of hydrogen-bond donors (Lipinski definition) is 2. The summed E-state index contributed by atoms with van der Waals surface area (Å²) in [6, 6.07) is 3.66. The first-order valence-electron chi connectivity index (χ1n) is 16.8. The van der Waals surface area contributed by atoms with Gasteiger partial charge in [0.15, 0.2) is 5.82 Å². The molecule has 1 fully saturated rings. The summed E-state index contributed by atoms with van der Waals surface area (Å²) in [5.74, 6) is 0.813. The third-order valence-corrected chi connectivity index (χ3v) is 7.74. The lowest BCUT2D eigenvalue weighted by atomic mass is 9.93. The standard InChI is InChI=1S/C30H40F2N6O2.C3H6O.C2H6.CH4O/c1-4-6-12-35-26(19-33-3)24-17-21-8-7-14-37(28(21)18-25(24)29(31)32)30-23(5-2)27(9-13-34-20-39)38(36-30)22-10-15-40-16-11-22;1-3-4-2;2*1-2/h12,17-20,22,29H,3-11,13-16H2,1-2H3,(H,34,39);3H,1H2,2H3;1-2H3;2H,1H3/b26-19-,35-12?;;;. The number of alkyl halides is 2. The zero-order valence-electron chi connectivity index (χ0n) is 29.7. The van der Waals surface area contributed by atoms with Crippen molar-refractivity contribution in [2.24, 2.45) is 9.98 Å². The molecule has 1 aromatic heterocycles. The van der Waals surface area contributed by atoms with Gasteiger partial charge < -0.3 is 24.8 Å². The number of unbranched alkanes of at least 4 members (excludes halogenated alkanes) is 1. The zero-order valence-corrected chi connectivity index (χ0v) is 29.7. The van der Waals surface area contributed by atoms with E-state index < -0.39 is 6.43 Å². The van der Waals surface area contributed by atoms with Gasteiger partial charge in [-0.2, -0.15) is 5.10 Å². The Morgan fingerprint density at radius 1 is 1.25 bits per heavy atom. The Bertz CT molecular complexity index is 1310. The lowest BCUT2D eigenvalue weighted by molar-refractivity contribution is -0.109. The van der Waals surface area contributed by atoms with Crippen LogP contribution in [0.2, 0.25) is 0 Å². The Morgan fingerprint density at radius 3 is 2.50 bits per heavy atom. The van der Waals surface area contributed by atoms with E-state index in [0.29, 0.717) is 50.4 Å². The van der Waals surface area contributed by atoms with E-state index >= 15 is 0 Å². The molecule has 0 radical (unpaired) electrons. The number of carbonyl (C=O) groups is 1. The van der Waals surface area contributed by atoms with E-state index in [0.717, 1.165) is 80.4 Å². The van der Waals surface area contributed by atoms with Gasteiger partial charge in [-0.25, -0.2) is 8.78 Å². The molecule has 2 aliphatic heterocycles. The molecule has 2 aromatic rings. The minimum atomic E-state index is -2.69. The molecule has 0 bridgehead atoms. The van der Waals surface area contributed by atoms with Crippen molar-refractivity contribution in [1.29, 1.82) is 0 Å². The molecule has 12 heteroatoms. The van der Waals surface area contributed by atoms with Crippen LogP contribution < -0.4 is 10.2 Å². The summed E-state index contributed by atoms with van der Waals surface area (Å²) in [5.41, 5.74) is 4.63. The van der Waals surface area contributed by atoms with Crippen LogP contribution in [0.1, 0.15) is 100 Å². The van der Waals surface area contributed by atoms with Crippen LogP contribution in [0.3, 0.4) is 0 Å². The number of nitrogens with one attached hydrogen (secondary N) is 1. The van der Waals surface area contributed by atoms with E-state index in [1.54, 1.807) is 19.4 Å². The Balaban J connectivity index is 0.00000132. The highest BCUT2D eigenvalue weighted by atomic mass is 19.3. The summed E-state index contributed by atoms with van der Waals surface area (Å²) in [6.45, 7) is 17.5. The smallest absolute Gasteiger partial charge is 0.264 e. The number of aryl methyl sites for hydroxylation is 1. The van der Waals surface area contributed by atoms with Crippen LogP contribution in [0.4, 0.5) is 20.3 Å². The number of carbonyl (C=O) groups excluding carboxylic acids is 1. The van der Waals surface area contributed by atoms with Crippen molar-refractivity contribution in [3.8, 4) is 0 Å². The highest BCUT2D eigenvalue weighted by Gasteiger charge is 2.30. The number of rotatable bonds is 14. The third kappa shape index (κ3) is 11.7. The number of aliphatic imine (C=N–C) groups is 2. The van der Waals surface area contributed by atoms with E-state index in [4.69, 9.17) is 14.9 Å². The van der Waals surface area contributed by atoms with Crippen molar-refractivity contribution in [1.82, 2.24) is 15.1 Å². The van der Waals surface area contributed by atoms with Gasteiger partial charge in [-0.05, 0) is 62.9 Å². The van der Waals surface area contributed by atoms with Crippen LogP contribution in [-0.4, -0.2) is 74.8 Å². The van der Waals surface area contributed by atoms with Crippen LogP contribution in [0, 0.1) is 0 Å². The summed E-state index contributed by atoms with van der Waals surface area (Å²) in [7, 11) is 2.56. The predicted molar refractivity (Wildman–Crippen MR) is 193 cm³/mol. The summed E-state index contributed by atoms with van der Waals surface area (Å²) in [4.78, 5) is 21.4. The van der Waals surface area contributed by atoms with Crippen LogP contribution in [0.15, 0.2) is 41.2 Å². The average Bonchev–Trinajstić information content (AvgIpc) is 3.50. The van der Waals surface area contributed by atoms with Gasteiger partial charge in [-0.1, -0.05) is 40.7 Å². The number of methoxy groups -OCH3 is 1. The fourth-order valence-electron chi connectivity index (χ4n) is 5.64. The Hall–Kier alpha value is -3.90. The molecule has 2 aliphatic rings. The fraction of sp³-hybridized carbons (Fsp3) is 0.556. The molecule has 48 heavy (non-hydrogen) atoms. The second kappa shape index (κ2) is 24.3. The molecule has 0 aliphatic carbocycles. The van der Waals surface area contributed by atoms with Gasteiger partial charge in [0.05, 0.1) is 31.3 Å². The molecule has 1 saturated heterocycles. The topological polar surface area (TPSA) is 114 Å². The molecule has 1 aromatic carbocycles. The van der Waals surface area contributed by atoms with Crippen molar-refractivity contribution < 1.29 is 28.2 Å². The summed E-state index contributed by atoms with van der Waals surface area (Å²) >= 11 is 0. The van der Waals surface area contributed by atoms with Gasteiger partial charge in [0.1, 0.15) is 0 Å². The number of nitrogens with zero attached hydrogens (tertiary/aromatic N) is 5. The second-order valence-corrected chi connectivity index (χ2v) is 10.5. The van der Waals surface area contributed by atoms with Gasteiger partial charge >= 0.3 is 0 Å². The van der Waals surface area contributed by atoms with E-state index in [2.05, 4.69) is 49.8 Å². The van der Waals surface area contributed by atoms with Crippen LogP contribution in [0.5, 0.6) is 0 Å². The first-order chi connectivity index (χ1) is 23.4. The quantitative estimate of drug-likeness (QED) is 0.0936. The van der Waals surface area contributed by atoms with Crippen molar-refractivity contribution in [2.75, 3.05) is 45.4 Å². The maximum absolute atomic E-state index is 14.5. The molecule has 2 N–H and O–H groups in total. The Morgan fingerprint density at radius 2 is 1.94 bits per heavy atom. The third-order valence-electron chi connectivity index (χ3n) is 7.74. The molecule has 0 atom stereocenters. The minimum absolute atomic E-state index is 0.0773. The van der Waals surface area contributed by atoms with Crippen LogP contribution >= 0.6 is 0 Å². The summed E-state index contributed by atoms with van der Waals surface area (Å²) in [5, 5.41) is 14.9. The van der Waals surface area contributed by atoms with E-state index in [1.807, 2.05) is 26.8 Å².